The molecule has 2 aromatic carbocycles. The van der Waals surface area contributed by atoms with E-state index in [0.29, 0.717) is 24.2 Å². The zero-order valence-electron chi connectivity index (χ0n) is 16.9. The summed E-state index contributed by atoms with van der Waals surface area (Å²) in [5, 5.41) is 2.73. The van der Waals surface area contributed by atoms with Crippen LogP contribution in [0.25, 0.3) is 11.4 Å². The minimum absolute atomic E-state index is 0.0737. The Morgan fingerprint density at radius 3 is 2.33 bits per heavy atom. The number of benzene rings is 2. The summed E-state index contributed by atoms with van der Waals surface area (Å²) < 4.78 is 2.16. The summed E-state index contributed by atoms with van der Waals surface area (Å²) in [6, 6.07) is 19.6. The maximum Gasteiger partial charge on any atom is 0.271 e. The average Bonchev–Trinajstić information content (AvgIpc) is 3.30. The Balaban J connectivity index is 1.58. The van der Waals surface area contributed by atoms with Crippen LogP contribution in [-0.4, -0.2) is 45.4 Å². The van der Waals surface area contributed by atoms with Gasteiger partial charge in [0.2, 0.25) is 0 Å². The quantitative estimate of drug-likeness (QED) is 0.735. The lowest BCUT2D eigenvalue weighted by atomic mass is 10.0. The minimum Gasteiger partial charge on any atom is -0.354 e. The first-order valence-corrected chi connectivity index (χ1v) is 10.4. The van der Waals surface area contributed by atoms with E-state index in [1.165, 1.54) is 0 Å². The van der Waals surface area contributed by atoms with E-state index in [1.54, 1.807) is 7.05 Å². The van der Waals surface area contributed by atoms with Gasteiger partial charge in [-0.05, 0) is 25.0 Å². The van der Waals surface area contributed by atoms with Crippen LogP contribution in [0.2, 0.25) is 0 Å². The number of nitrogens with one attached hydrogen (secondary N) is 1. The van der Waals surface area contributed by atoms with Gasteiger partial charge in [-0.15, -0.1) is 0 Å². The highest BCUT2D eigenvalue weighted by Crippen LogP contribution is 2.36. The second kappa shape index (κ2) is 7.44. The van der Waals surface area contributed by atoms with Crippen LogP contribution in [0.5, 0.6) is 0 Å². The Morgan fingerprint density at radius 2 is 1.63 bits per heavy atom. The molecule has 2 bridgehead atoms. The number of carbonyl (C=O) groups excluding carboxylic acids is 2. The number of carbonyl (C=O) groups is 2. The Morgan fingerprint density at radius 1 is 0.967 bits per heavy atom. The first-order chi connectivity index (χ1) is 14.7. The first-order valence-electron chi connectivity index (χ1n) is 10.4. The fraction of sp³-hybridized carbons (Fsp3) is 0.292. The van der Waals surface area contributed by atoms with Gasteiger partial charge in [-0.1, -0.05) is 48.5 Å². The molecule has 6 nitrogen and oxygen atoms in total. The summed E-state index contributed by atoms with van der Waals surface area (Å²) in [6.07, 6.45) is 2.55. The van der Waals surface area contributed by atoms with Crippen molar-refractivity contribution >= 4 is 11.8 Å². The molecular weight excluding hydrogens is 376 g/mol. The summed E-state index contributed by atoms with van der Waals surface area (Å²) in [7, 11) is 1.63. The Hall–Kier alpha value is -3.41. The van der Waals surface area contributed by atoms with Gasteiger partial charge in [-0.2, -0.15) is 0 Å². The largest absolute Gasteiger partial charge is 0.354 e. The van der Waals surface area contributed by atoms with Crippen molar-refractivity contribution in [2.24, 2.45) is 0 Å². The van der Waals surface area contributed by atoms with Gasteiger partial charge in [0.25, 0.3) is 11.8 Å². The van der Waals surface area contributed by atoms with Gasteiger partial charge in [0, 0.05) is 37.2 Å². The molecule has 1 saturated heterocycles. The third-order valence-electron chi connectivity index (χ3n) is 6.24. The summed E-state index contributed by atoms with van der Waals surface area (Å²) in [6.45, 7) is 0.651. The average molecular weight is 400 g/mol. The number of amides is 2. The van der Waals surface area contributed by atoms with Crippen LogP contribution in [0.4, 0.5) is 0 Å². The highest BCUT2D eigenvalue weighted by Gasteiger charge is 2.42. The minimum atomic E-state index is -0.181. The summed E-state index contributed by atoms with van der Waals surface area (Å²) in [5.74, 6) is 0.688. The topological polar surface area (TPSA) is 67.2 Å². The summed E-state index contributed by atoms with van der Waals surface area (Å²) in [5.41, 5.74) is 3.09. The van der Waals surface area contributed by atoms with Crippen LogP contribution in [0.1, 0.15) is 39.4 Å². The predicted octanol–water partition coefficient (Wildman–Crippen LogP) is 3.14. The predicted molar refractivity (Wildman–Crippen MR) is 114 cm³/mol. The number of imidazole rings is 1. The number of nitrogens with zero attached hydrogens (tertiary/aromatic N) is 3. The number of fused-ring (bicyclic) bond motifs is 3. The van der Waals surface area contributed by atoms with E-state index in [2.05, 4.69) is 9.88 Å². The van der Waals surface area contributed by atoms with Crippen LogP contribution in [0.15, 0.2) is 60.7 Å². The van der Waals surface area contributed by atoms with Crippen LogP contribution in [-0.2, 0) is 13.0 Å². The van der Waals surface area contributed by atoms with E-state index in [0.717, 1.165) is 29.9 Å². The van der Waals surface area contributed by atoms with Gasteiger partial charge in [-0.3, -0.25) is 9.59 Å². The molecule has 0 spiro atoms. The van der Waals surface area contributed by atoms with Crippen LogP contribution >= 0.6 is 0 Å². The molecule has 0 radical (unpaired) electrons. The van der Waals surface area contributed by atoms with Gasteiger partial charge in [-0.25, -0.2) is 4.98 Å². The molecule has 5 rings (SSSR count). The lowest BCUT2D eigenvalue weighted by Crippen LogP contribution is -2.42. The van der Waals surface area contributed by atoms with Crippen molar-refractivity contribution in [3.63, 3.8) is 0 Å². The van der Waals surface area contributed by atoms with E-state index < -0.39 is 0 Å². The molecule has 2 amide bonds. The maximum absolute atomic E-state index is 13.3. The van der Waals surface area contributed by atoms with Gasteiger partial charge in [0.15, 0.2) is 0 Å². The molecule has 1 fully saturated rings. The lowest BCUT2D eigenvalue weighted by molar-refractivity contribution is 0.0666. The molecule has 152 valence electrons. The van der Waals surface area contributed by atoms with Crippen LogP contribution in [0, 0.1) is 0 Å². The van der Waals surface area contributed by atoms with Crippen molar-refractivity contribution in [2.75, 3.05) is 7.05 Å². The highest BCUT2D eigenvalue weighted by atomic mass is 16.2. The van der Waals surface area contributed by atoms with E-state index in [9.17, 15) is 9.59 Å². The fourth-order valence-electron chi connectivity index (χ4n) is 4.83. The Kier molecular flexibility index (Phi) is 4.62. The van der Waals surface area contributed by atoms with Gasteiger partial charge in [0.1, 0.15) is 11.5 Å². The second-order valence-electron chi connectivity index (χ2n) is 7.95. The van der Waals surface area contributed by atoms with Gasteiger partial charge in [0.05, 0.1) is 11.7 Å². The molecule has 2 atom stereocenters. The van der Waals surface area contributed by atoms with E-state index >= 15 is 0 Å². The van der Waals surface area contributed by atoms with E-state index in [-0.39, 0.29) is 23.9 Å². The number of rotatable bonds is 3. The van der Waals surface area contributed by atoms with E-state index in [4.69, 9.17) is 4.98 Å². The highest BCUT2D eigenvalue weighted by molar-refractivity contribution is 5.96. The molecule has 30 heavy (non-hydrogen) atoms. The standard InChI is InChI=1S/C24H24N4O2/c1-25-23(29)21-20-14-18-12-13-19(28(18)24(30)17-10-6-3-7-11-17)15-27(20)22(26-21)16-8-4-2-5-9-16/h2-11,18-19H,12-15H2,1H3,(H,25,29)/t18-,19+/m0/s1. The number of hydrogen-bond donors (Lipinski definition) is 1. The van der Waals surface area contributed by atoms with Crippen molar-refractivity contribution in [2.45, 2.75) is 37.9 Å². The summed E-state index contributed by atoms with van der Waals surface area (Å²) in [4.78, 5) is 32.7. The molecular formula is C24H24N4O2. The normalized spacial score (nSPS) is 19.8. The lowest BCUT2D eigenvalue weighted by Gasteiger charge is -2.28. The van der Waals surface area contributed by atoms with Crippen molar-refractivity contribution < 1.29 is 9.59 Å². The molecule has 3 aromatic rings. The molecule has 2 aliphatic rings. The Bertz CT molecular complexity index is 1090. The maximum atomic E-state index is 13.3. The molecule has 0 aliphatic carbocycles. The molecule has 0 unspecified atom stereocenters. The third-order valence-corrected chi connectivity index (χ3v) is 6.24. The van der Waals surface area contributed by atoms with Crippen molar-refractivity contribution in [3.05, 3.63) is 77.6 Å². The SMILES string of the molecule is CNC(=O)c1nc(-c2ccccc2)n2c1C[C@@H]1CC[C@H](C2)N1C(=O)c1ccccc1. The zero-order chi connectivity index (χ0) is 20.7. The molecule has 1 aromatic heterocycles. The number of hydrogen-bond acceptors (Lipinski definition) is 3. The van der Waals surface area contributed by atoms with Crippen LogP contribution in [0.3, 0.4) is 0 Å². The van der Waals surface area contributed by atoms with Crippen molar-refractivity contribution in [1.29, 1.82) is 0 Å². The molecule has 1 N–H and O–H groups in total. The molecule has 3 heterocycles. The first kappa shape index (κ1) is 18.6. The molecule has 2 aliphatic heterocycles. The monoisotopic (exact) mass is 400 g/mol. The van der Waals surface area contributed by atoms with Crippen molar-refractivity contribution in [3.8, 4) is 11.4 Å². The second-order valence-corrected chi connectivity index (χ2v) is 7.95. The molecule has 6 heteroatoms. The Labute approximate surface area is 175 Å². The van der Waals surface area contributed by atoms with E-state index in [1.807, 2.05) is 65.6 Å². The zero-order valence-corrected chi connectivity index (χ0v) is 16.9. The molecule has 0 saturated carbocycles. The van der Waals surface area contributed by atoms with Gasteiger partial charge >= 0.3 is 0 Å². The van der Waals surface area contributed by atoms with Crippen molar-refractivity contribution in [1.82, 2.24) is 19.8 Å². The summed E-state index contributed by atoms with van der Waals surface area (Å²) >= 11 is 0. The fourth-order valence-corrected chi connectivity index (χ4v) is 4.83. The number of aromatic nitrogens is 2. The van der Waals surface area contributed by atoms with Crippen LogP contribution < -0.4 is 5.32 Å². The smallest absolute Gasteiger partial charge is 0.271 e. The van der Waals surface area contributed by atoms with Gasteiger partial charge < -0.3 is 14.8 Å². The third kappa shape index (κ3) is 3.00.